The van der Waals surface area contributed by atoms with Gasteiger partial charge in [0.1, 0.15) is 0 Å². The molecule has 1 aliphatic carbocycles. The summed E-state index contributed by atoms with van der Waals surface area (Å²) in [7, 11) is 0. The van der Waals surface area contributed by atoms with Crippen LogP contribution in [0.3, 0.4) is 0 Å². The van der Waals surface area contributed by atoms with Crippen LogP contribution in [0.15, 0.2) is 54.7 Å². The normalized spacial score (nSPS) is 22.9. The molecule has 0 amide bonds. The van der Waals surface area contributed by atoms with Gasteiger partial charge in [-0.1, -0.05) is 25.3 Å². The predicted octanol–water partition coefficient (Wildman–Crippen LogP) is 5.63. The largest absolute Gasteiger partial charge is 0.378 e. The monoisotopic (exact) mass is 515 g/mol. The van der Waals surface area contributed by atoms with E-state index in [2.05, 4.69) is 76.0 Å². The first-order chi connectivity index (χ1) is 18.1. The highest BCUT2D eigenvalue weighted by atomic mass is 32.1. The number of nitrogens with zero attached hydrogens (tertiary/aromatic N) is 4. The second-order valence-electron chi connectivity index (χ2n) is 10.6. The molecular formula is C30H37N5OS. The number of nitrogens with one attached hydrogen (secondary N) is 1. The second-order valence-corrected chi connectivity index (χ2v) is 11.0. The summed E-state index contributed by atoms with van der Waals surface area (Å²) in [5.74, 6) is 0. The fourth-order valence-corrected chi connectivity index (χ4v) is 6.96. The number of aryl methyl sites for hydroxylation is 1. The van der Waals surface area contributed by atoms with E-state index in [1.165, 1.54) is 60.4 Å². The van der Waals surface area contributed by atoms with Crippen molar-refractivity contribution in [3.05, 3.63) is 77.4 Å². The number of morpholine rings is 1. The smallest absolute Gasteiger partial charge is 0.170 e. The molecule has 3 aliphatic rings. The number of pyridine rings is 1. The van der Waals surface area contributed by atoms with E-state index < -0.39 is 0 Å². The highest BCUT2D eigenvalue weighted by Gasteiger charge is 2.44. The van der Waals surface area contributed by atoms with Crippen molar-refractivity contribution in [2.75, 3.05) is 31.2 Å². The van der Waals surface area contributed by atoms with Gasteiger partial charge in [0.05, 0.1) is 31.0 Å². The summed E-state index contributed by atoms with van der Waals surface area (Å²) in [5.41, 5.74) is 7.36. The van der Waals surface area contributed by atoms with E-state index in [-0.39, 0.29) is 12.1 Å². The van der Waals surface area contributed by atoms with Crippen molar-refractivity contribution in [3.63, 3.8) is 0 Å². The third-order valence-corrected chi connectivity index (χ3v) is 8.71. The first kappa shape index (κ1) is 24.4. The number of hydrogen-bond acceptors (Lipinski definition) is 4. The minimum absolute atomic E-state index is 0.0354. The number of benzene rings is 1. The average Bonchev–Trinajstić information content (AvgIpc) is 3.45. The van der Waals surface area contributed by atoms with Crippen LogP contribution in [0.1, 0.15) is 66.8 Å². The Morgan fingerprint density at radius 2 is 1.68 bits per heavy atom. The van der Waals surface area contributed by atoms with Gasteiger partial charge in [-0.25, -0.2) is 0 Å². The summed E-state index contributed by atoms with van der Waals surface area (Å²) in [6, 6.07) is 18.2. The summed E-state index contributed by atoms with van der Waals surface area (Å²) in [5, 5.41) is 4.54. The highest BCUT2D eigenvalue weighted by Crippen LogP contribution is 2.44. The number of rotatable bonds is 5. The molecule has 7 heteroatoms. The molecule has 194 valence electrons. The fourth-order valence-electron chi connectivity index (χ4n) is 6.57. The molecule has 0 spiro atoms. The Labute approximate surface area is 225 Å². The summed E-state index contributed by atoms with van der Waals surface area (Å²) < 4.78 is 7.93. The molecule has 4 heterocycles. The molecule has 37 heavy (non-hydrogen) atoms. The Bertz CT molecular complexity index is 1230. The van der Waals surface area contributed by atoms with Crippen LogP contribution in [-0.2, 0) is 4.74 Å². The topological polar surface area (TPSA) is 45.6 Å². The van der Waals surface area contributed by atoms with Crippen molar-refractivity contribution in [3.8, 4) is 5.69 Å². The molecule has 3 fully saturated rings. The molecule has 2 atom stereocenters. The van der Waals surface area contributed by atoms with Crippen LogP contribution in [0.4, 0.5) is 5.69 Å². The lowest BCUT2D eigenvalue weighted by atomic mass is 9.90. The average molecular weight is 516 g/mol. The van der Waals surface area contributed by atoms with Crippen LogP contribution >= 0.6 is 12.2 Å². The molecule has 0 radical (unpaired) electrons. The molecule has 6 rings (SSSR count). The van der Waals surface area contributed by atoms with Gasteiger partial charge in [-0.3, -0.25) is 4.98 Å². The molecule has 2 aromatic heterocycles. The molecule has 2 aliphatic heterocycles. The molecule has 0 bridgehead atoms. The lowest BCUT2D eigenvalue weighted by Gasteiger charge is -2.37. The number of ether oxygens (including phenoxy) is 1. The summed E-state index contributed by atoms with van der Waals surface area (Å²) >= 11 is 5.99. The molecule has 1 saturated carbocycles. The Morgan fingerprint density at radius 3 is 2.38 bits per heavy atom. The lowest BCUT2D eigenvalue weighted by Crippen LogP contribution is -2.40. The number of thiocarbonyl (C=S) groups is 1. The number of hydrogen-bond donors (Lipinski definition) is 1. The van der Waals surface area contributed by atoms with Crippen molar-refractivity contribution >= 4 is 23.0 Å². The maximum atomic E-state index is 5.99. The first-order valence-corrected chi connectivity index (χ1v) is 14.1. The Balaban J connectivity index is 1.37. The first-order valence-electron chi connectivity index (χ1n) is 13.7. The predicted molar refractivity (Wildman–Crippen MR) is 152 cm³/mol. The number of anilines is 1. The molecule has 6 nitrogen and oxygen atoms in total. The van der Waals surface area contributed by atoms with Gasteiger partial charge in [-0.2, -0.15) is 0 Å². The van der Waals surface area contributed by atoms with Crippen LogP contribution in [0, 0.1) is 13.8 Å². The quantitative estimate of drug-likeness (QED) is 0.445. The second kappa shape index (κ2) is 10.5. The van der Waals surface area contributed by atoms with E-state index in [1.54, 1.807) is 0 Å². The van der Waals surface area contributed by atoms with Crippen LogP contribution in [0.25, 0.3) is 5.69 Å². The SMILES string of the molecule is Cc1cc([C@@H]2[C@H](c3ccccn3)NC(=S)N2C2CCCCC2)c(C)n1-c1ccc(N2CCOCC2)cc1. The molecule has 0 unspecified atom stereocenters. The molecular weight excluding hydrogens is 478 g/mol. The molecule has 1 N–H and O–H groups in total. The zero-order valence-electron chi connectivity index (χ0n) is 21.9. The Kier molecular flexibility index (Phi) is 6.91. The molecule has 3 aromatic rings. The summed E-state index contributed by atoms with van der Waals surface area (Å²) in [6.45, 7) is 7.97. The fraction of sp³-hybridized carbons (Fsp3) is 0.467. The maximum absolute atomic E-state index is 5.99. The van der Waals surface area contributed by atoms with Gasteiger partial charge in [0.15, 0.2) is 5.11 Å². The summed E-state index contributed by atoms with van der Waals surface area (Å²) in [6.07, 6.45) is 8.18. The molecule has 1 aromatic carbocycles. The van der Waals surface area contributed by atoms with E-state index in [1.807, 2.05) is 12.3 Å². The van der Waals surface area contributed by atoms with Crippen molar-refractivity contribution in [2.45, 2.75) is 64.1 Å². The summed E-state index contributed by atoms with van der Waals surface area (Å²) in [4.78, 5) is 9.67. The third kappa shape index (κ3) is 4.64. The number of aromatic nitrogens is 2. The van der Waals surface area contributed by atoms with Crippen molar-refractivity contribution in [1.29, 1.82) is 0 Å². The maximum Gasteiger partial charge on any atom is 0.170 e. The van der Waals surface area contributed by atoms with Crippen molar-refractivity contribution in [1.82, 2.24) is 19.8 Å². The van der Waals surface area contributed by atoms with E-state index in [9.17, 15) is 0 Å². The van der Waals surface area contributed by atoms with Gasteiger partial charge >= 0.3 is 0 Å². The van der Waals surface area contributed by atoms with Gasteiger partial charge in [-0.05, 0) is 86.9 Å². The zero-order chi connectivity index (χ0) is 25.4. The lowest BCUT2D eigenvalue weighted by molar-refractivity contribution is 0.122. The van der Waals surface area contributed by atoms with Crippen molar-refractivity contribution in [2.24, 2.45) is 0 Å². The third-order valence-electron chi connectivity index (χ3n) is 8.38. The molecule has 2 saturated heterocycles. The van der Waals surface area contributed by atoms with Gasteiger partial charge in [0.25, 0.3) is 0 Å². The van der Waals surface area contributed by atoms with Crippen molar-refractivity contribution < 1.29 is 4.74 Å². The van der Waals surface area contributed by atoms with E-state index >= 15 is 0 Å². The minimum atomic E-state index is 0.0354. The van der Waals surface area contributed by atoms with Crippen LogP contribution in [0.5, 0.6) is 0 Å². The minimum Gasteiger partial charge on any atom is -0.378 e. The van der Waals surface area contributed by atoms with Gasteiger partial charge in [0, 0.05) is 48.1 Å². The van der Waals surface area contributed by atoms with Crippen LogP contribution in [0.2, 0.25) is 0 Å². The van der Waals surface area contributed by atoms with E-state index in [0.717, 1.165) is 37.1 Å². The Morgan fingerprint density at radius 1 is 0.946 bits per heavy atom. The van der Waals surface area contributed by atoms with E-state index in [4.69, 9.17) is 21.9 Å². The highest BCUT2D eigenvalue weighted by molar-refractivity contribution is 7.80. The van der Waals surface area contributed by atoms with E-state index in [0.29, 0.717) is 6.04 Å². The van der Waals surface area contributed by atoms with Gasteiger partial charge in [-0.15, -0.1) is 0 Å². The zero-order valence-corrected chi connectivity index (χ0v) is 22.7. The van der Waals surface area contributed by atoms with Crippen LogP contribution < -0.4 is 10.2 Å². The van der Waals surface area contributed by atoms with Gasteiger partial charge in [0.2, 0.25) is 0 Å². The van der Waals surface area contributed by atoms with Gasteiger partial charge < -0.3 is 24.4 Å². The Hall–Kier alpha value is -2.90. The standard InChI is InChI=1S/C30H37N5OS/c1-21-20-26(22(2)34(21)25-13-11-23(12-14-25)33-16-18-36-19-17-33)29-28(27-10-6-7-15-31-27)32-30(37)35(29)24-8-4-3-5-9-24/h6-7,10-15,20,24,28-29H,3-5,8-9,16-19H2,1-2H3,(H,32,37)/t28-,29+/m0/s1. The van der Waals surface area contributed by atoms with Crippen LogP contribution in [-0.4, -0.2) is 51.9 Å².